The summed E-state index contributed by atoms with van der Waals surface area (Å²) in [4.78, 5) is 27.2. The van der Waals surface area contributed by atoms with Crippen LogP contribution in [0.5, 0.6) is 11.5 Å². The number of amides is 1. The van der Waals surface area contributed by atoms with Crippen LogP contribution in [0.15, 0.2) is 48.0 Å². The Bertz CT molecular complexity index is 997. The van der Waals surface area contributed by atoms with Gasteiger partial charge in [-0.05, 0) is 36.8 Å². The molecular formula is C23H25NO6. The van der Waals surface area contributed by atoms with E-state index in [2.05, 4.69) is 0 Å². The third kappa shape index (κ3) is 3.76. The van der Waals surface area contributed by atoms with Gasteiger partial charge in [0.25, 0.3) is 11.7 Å². The van der Waals surface area contributed by atoms with Crippen molar-refractivity contribution in [2.24, 2.45) is 0 Å². The van der Waals surface area contributed by atoms with Crippen molar-refractivity contribution in [3.05, 3.63) is 64.7 Å². The summed E-state index contributed by atoms with van der Waals surface area (Å²) in [6.45, 7) is 2.25. The van der Waals surface area contributed by atoms with Crippen molar-refractivity contribution in [1.82, 2.24) is 4.90 Å². The number of aliphatic hydroxyl groups is 1. The standard InChI is InChI=1S/C23H25NO6/c1-14-13-15(29-3)9-10-16(14)21(25)19-20(17-7-5-6-8-18(17)30-4)24(11-12-28-2)23(27)22(19)26/h5-10,13,20,25H,11-12H2,1-4H3/t20-/m0/s1. The minimum atomic E-state index is -0.794. The van der Waals surface area contributed by atoms with E-state index >= 15 is 0 Å². The Morgan fingerprint density at radius 3 is 2.43 bits per heavy atom. The molecule has 7 heteroatoms. The molecule has 3 rings (SSSR count). The SMILES string of the molecule is COCCN1C(=O)C(=O)C(=C(O)c2ccc(OC)cc2C)[C@@H]1c1ccccc1OC. The number of carbonyl (C=O) groups is 2. The van der Waals surface area contributed by atoms with E-state index in [-0.39, 0.29) is 24.5 Å². The van der Waals surface area contributed by atoms with Crippen LogP contribution in [0.1, 0.15) is 22.7 Å². The molecule has 1 amide bonds. The largest absolute Gasteiger partial charge is 0.507 e. The molecule has 1 aliphatic rings. The van der Waals surface area contributed by atoms with Crippen LogP contribution in [-0.4, -0.2) is 56.2 Å². The highest BCUT2D eigenvalue weighted by molar-refractivity contribution is 6.46. The van der Waals surface area contributed by atoms with Gasteiger partial charge in [0.05, 0.1) is 32.4 Å². The quantitative estimate of drug-likeness (QED) is 0.428. The van der Waals surface area contributed by atoms with Crippen molar-refractivity contribution >= 4 is 17.4 Å². The first-order chi connectivity index (χ1) is 14.4. The van der Waals surface area contributed by atoms with Crippen molar-refractivity contribution in [1.29, 1.82) is 0 Å². The lowest BCUT2D eigenvalue weighted by Crippen LogP contribution is -2.32. The monoisotopic (exact) mass is 411 g/mol. The predicted molar refractivity (Wildman–Crippen MR) is 112 cm³/mol. The van der Waals surface area contributed by atoms with Gasteiger partial charge in [-0.2, -0.15) is 0 Å². The highest BCUT2D eigenvalue weighted by Crippen LogP contribution is 2.42. The second kappa shape index (κ2) is 9.00. The van der Waals surface area contributed by atoms with E-state index in [1.54, 1.807) is 56.5 Å². The van der Waals surface area contributed by atoms with E-state index in [9.17, 15) is 14.7 Å². The zero-order valence-electron chi connectivity index (χ0n) is 17.5. The number of para-hydroxylation sites is 1. The van der Waals surface area contributed by atoms with Crippen molar-refractivity contribution in [2.45, 2.75) is 13.0 Å². The smallest absolute Gasteiger partial charge is 0.295 e. The maximum absolute atomic E-state index is 13.0. The van der Waals surface area contributed by atoms with Gasteiger partial charge in [0.2, 0.25) is 0 Å². The Labute approximate surface area is 175 Å². The molecule has 0 unspecified atom stereocenters. The number of methoxy groups -OCH3 is 3. The average molecular weight is 411 g/mol. The number of rotatable bonds is 7. The van der Waals surface area contributed by atoms with Crippen molar-refractivity contribution in [2.75, 3.05) is 34.5 Å². The number of hydrogen-bond donors (Lipinski definition) is 1. The van der Waals surface area contributed by atoms with Crippen molar-refractivity contribution < 1.29 is 28.9 Å². The number of aliphatic hydroxyl groups excluding tert-OH is 1. The van der Waals surface area contributed by atoms with Gasteiger partial charge in [-0.1, -0.05) is 18.2 Å². The lowest BCUT2D eigenvalue weighted by molar-refractivity contribution is -0.140. The number of hydrogen-bond acceptors (Lipinski definition) is 6. The molecule has 0 aliphatic carbocycles. The van der Waals surface area contributed by atoms with E-state index in [0.29, 0.717) is 28.2 Å². The van der Waals surface area contributed by atoms with Gasteiger partial charge in [-0.3, -0.25) is 9.59 Å². The molecule has 0 saturated carbocycles. The molecule has 30 heavy (non-hydrogen) atoms. The van der Waals surface area contributed by atoms with Gasteiger partial charge in [-0.15, -0.1) is 0 Å². The van der Waals surface area contributed by atoms with Gasteiger partial charge in [0.1, 0.15) is 17.3 Å². The third-order valence-electron chi connectivity index (χ3n) is 5.20. The number of Topliss-reactive ketones (excluding diaryl/α,β-unsaturated/α-hetero) is 1. The molecule has 1 N–H and O–H groups in total. The maximum atomic E-state index is 13.0. The van der Waals surface area contributed by atoms with Gasteiger partial charge in [-0.25, -0.2) is 0 Å². The van der Waals surface area contributed by atoms with E-state index in [4.69, 9.17) is 14.2 Å². The van der Waals surface area contributed by atoms with E-state index in [1.807, 2.05) is 0 Å². The van der Waals surface area contributed by atoms with E-state index in [0.717, 1.165) is 0 Å². The van der Waals surface area contributed by atoms with Crippen LogP contribution in [0.25, 0.3) is 5.76 Å². The van der Waals surface area contributed by atoms with Crippen LogP contribution >= 0.6 is 0 Å². The van der Waals surface area contributed by atoms with Crippen LogP contribution in [0.3, 0.4) is 0 Å². The third-order valence-corrected chi connectivity index (χ3v) is 5.20. The number of ether oxygens (including phenoxy) is 3. The molecule has 1 saturated heterocycles. The topological polar surface area (TPSA) is 85.3 Å². The van der Waals surface area contributed by atoms with E-state index in [1.165, 1.54) is 19.1 Å². The minimum Gasteiger partial charge on any atom is -0.507 e. The van der Waals surface area contributed by atoms with E-state index < -0.39 is 17.7 Å². The second-order valence-electron chi connectivity index (χ2n) is 6.91. The molecule has 0 radical (unpaired) electrons. The van der Waals surface area contributed by atoms with Crippen LogP contribution in [-0.2, 0) is 14.3 Å². The molecule has 0 bridgehead atoms. The zero-order chi connectivity index (χ0) is 21.8. The first-order valence-electron chi connectivity index (χ1n) is 9.49. The summed E-state index contributed by atoms with van der Waals surface area (Å²) in [5.74, 6) is -0.509. The van der Waals surface area contributed by atoms with Crippen LogP contribution < -0.4 is 9.47 Å². The molecular weight excluding hydrogens is 386 g/mol. The fourth-order valence-corrected chi connectivity index (χ4v) is 3.69. The Kier molecular flexibility index (Phi) is 6.42. The number of carbonyl (C=O) groups excluding carboxylic acids is 2. The van der Waals surface area contributed by atoms with Crippen LogP contribution in [0, 0.1) is 6.92 Å². The first-order valence-corrected chi connectivity index (χ1v) is 9.49. The summed E-state index contributed by atoms with van der Waals surface area (Å²) in [6.07, 6.45) is 0. The molecule has 0 aromatic heterocycles. The first kappa shape index (κ1) is 21.4. The average Bonchev–Trinajstić information content (AvgIpc) is 3.01. The predicted octanol–water partition coefficient (Wildman–Crippen LogP) is 3.08. The summed E-state index contributed by atoms with van der Waals surface area (Å²) in [5, 5.41) is 11.2. The molecule has 2 aromatic rings. The van der Waals surface area contributed by atoms with Crippen LogP contribution in [0.4, 0.5) is 0 Å². The maximum Gasteiger partial charge on any atom is 0.295 e. The highest BCUT2D eigenvalue weighted by Gasteiger charge is 2.46. The fraction of sp³-hybridized carbons (Fsp3) is 0.304. The summed E-state index contributed by atoms with van der Waals surface area (Å²) in [5.41, 5.74) is 1.81. The number of benzene rings is 2. The van der Waals surface area contributed by atoms with Crippen molar-refractivity contribution in [3.63, 3.8) is 0 Å². The van der Waals surface area contributed by atoms with Crippen molar-refractivity contribution in [3.8, 4) is 11.5 Å². The van der Waals surface area contributed by atoms with Gasteiger partial charge < -0.3 is 24.2 Å². The molecule has 1 atom stereocenters. The summed E-state index contributed by atoms with van der Waals surface area (Å²) in [7, 11) is 4.60. The highest BCUT2D eigenvalue weighted by atomic mass is 16.5. The Balaban J connectivity index is 2.22. The Morgan fingerprint density at radius 2 is 1.80 bits per heavy atom. The zero-order valence-corrected chi connectivity index (χ0v) is 17.5. The number of aryl methyl sites for hydroxylation is 1. The minimum absolute atomic E-state index is 0.0221. The normalized spacial score (nSPS) is 18.0. The molecule has 1 aliphatic heterocycles. The lowest BCUT2D eigenvalue weighted by atomic mass is 9.93. The summed E-state index contributed by atoms with van der Waals surface area (Å²) < 4.78 is 15.8. The van der Waals surface area contributed by atoms with Gasteiger partial charge in [0, 0.05) is 24.8 Å². The molecule has 1 fully saturated rings. The lowest BCUT2D eigenvalue weighted by Gasteiger charge is -2.26. The molecule has 2 aromatic carbocycles. The number of ketones is 1. The Morgan fingerprint density at radius 1 is 1.07 bits per heavy atom. The fourth-order valence-electron chi connectivity index (χ4n) is 3.69. The van der Waals surface area contributed by atoms with Gasteiger partial charge in [0.15, 0.2) is 0 Å². The number of nitrogens with zero attached hydrogens (tertiary/aromatic N) is 1. The molecule has 1 heterocycles. The van der Waals surface area contributed by atoms with Crippen LogP contribution in [0.2, 0.25) is 0 Å². The summed E-state index contributed by atoms with van der Waals surface area (Å²) >= 11 is 0. The summed E-state index contributed by atoms with van der Waals surface area (Å²) in [6, 6.07) is 11.5. The molecule has 158 valence electrons. The molecule has 7 nitrogen and oxygen atoms in total. The number of likely N-dealkylation sites (tertiary alicyclic amines) is 1. The van der Waals surface area contributed by atoms with Gasteiger partial charge >= 0.3 is 0 Å². The molecule has 0 spiro atoms. The second-order valence-corrected chi connectivity index (χ2v) is 6.91. The Hall–Kier alpha value is -3.32.